The fourth-order valence-electron chi connectivity index (χ4n) is 0. The summed E-state index contributed by atoms with van der Waals surface area (Å²) in [5, 5.41) is 0. The van der Waals surface area contributed by atoms with E-state index in [9.17, 15) is 0 Å². The van der Waals surface area contributed by atoms with Crippen LogP contribution in [0.1, 0.15) is 13.3 Å². The molecule has 0 heterocycles. The fraction of sp³-hybridized carbons (Fsp3) is 0.667. The van der Waals surface area contributed by atoms with Crippen LogP contribution in [0.3, 0.4) is 0 Å². The Bertz CT molecular complexity index is 8.85. The minimum absolute atomic E-state index is 0. The average molecular weight is 154 g/mol. The Morgan fingerprint density at radius 1 is 1.80 bits per heavy atom. The van der Waals surface area contributed by atoms with Crippen LogP contribution in [0.4, 0.5) is 0 Å². The molecule has 0 aromatic heterocycles. The third-order valence-electron chi connectivity index (χ3n) is 0.236. The van der Waals surface area contributed by atoms with E-state index in [2.05, 4.69) is 0 Å². The van der Waals surface area contributed by atoms with E-state index in [1.54, 1.807) is 6.54 Å². The molecule has 32 valence electrons. The summed E-state index contributed by atoms with van der Waals surface area (Å²) in [5.41, 5.74) is 4.90. The Hall–Kier alpha value is 0.648. The fourth-order valence-corrected chi connectivity index (χ4v) is 0. The SMILES string of the molecule is CC[CH-]N.[Mo]. The first-order valence-corrected chi connectivity index (χ1v) is 1.45. The van der Waals surface area contributed by atoms with Crippen LogP contribution in [-0.4, -0.2) is 0 Å². The molecular weight excluding hydrogens is 146 g/mol. The van der Waals surface area contributed by atoms with Gasteiger partial charge in [-0.05, 0) is 0 Å². The molecule has 0 aliphatic carbocycles. The van der Waals surface area contributed by atoms with Crippen LogP contribution in [0.25, 0.3) is 0 Å². The van der Waals surface area contributed by atoms with Gasteiger partial charge in [-0.3, -0.25) is 6.54 Å². The Balaban J connectivity index is 0. The van der Waals surface area contributed by atoms with E-state index in [0.29, 0.717) is 0 Å². The molecular formula is C3H8MoN-. The molecule has 2 heteroatoms. The predicted octanol–water partition coefficient (Wildman–Crippen LogP) is 0.514. The summed E-state index contributed by atoms with van der Waals surface area (Å²) in [5.74, 6) is 0. The molecule has 0 rings (SSSR count). The molecule has 0 aliphatic heterocycles. The van der Waals surface area contributed by atoms with Crippen LogP contribution in [0, 0.1) is 6.54 Å². The molecule has 0 saturated carbocycles. The minimum atomic E-state index is 0. The molecule has 0 aromatic carbocycles. The molecule has 0 aromatic rings. The van der Waals surface area contributed by atoms with Crippen molar-refractivity contribution >= 4 is 0 Å². The average Bonchev–Trinajstić information content (AvgIpc) is 1.37. The van der Waals surface area contributed by atoms with Crippen LogP contribution in [0.15, 0.2) is 0 Å². The van der Waals surface area contributed by atoms with E-state index in [4.69, 9.17) is 5.73 Å². The van der Waals surface area contributed by atoms with Gasteiger partial charge < -0.3 is 5.73 Å². The normalized spacial score (nSPS) is 6.00. The minimum Gasteiger partial charge on any atom is -0.483 e. The molecule has 0 spiro atoms. The monoisotopic (exact) mass is 156 g/mol. The summed E-state index contributed by atoms with van der Waals surface area (Å²) in [4.78, 5) is 0. The first-order valence-electron chi connectivity index (χ1n) is 1.45. The number of rotatable bonds is 1. The van der Waals surface area contributed by atoms with Crippen molar-refractivity contribution in [1.29, 1.82) is 0 Å². The van der Waals surface area contributed by atoms with Gasteiger partial charge in [-0.1, -0.05) is 6.92 Å². The van der Waals surface area contributed by atoms with Gasteiger partial charge in [0.2, 0.25) is 0 Å². The molecule has 0 bridgehead atoms. The Kier molecular flexibility index (Phi) is 16.2. The van der Waals surface area contributed by atoms with Gasteiger partial charge in [0, 0.05) is 21.1 Å². The predicted molar refractivity (Wildman–Crippen MR) is 18.8 cm³/mol. The summed E-state index contributed by atoms with van der Waals surface area (Å²) >= 11 is 0. The second-order valence-electron chi connectivity index (χ2n) is 0.644. The molecule has 0 saturated heterocycles. The summed E-state index contributed by atoms with van der Waals surface area (Å²) in [6.07, 6.45) is 0.972. The van der Waals surface area contributed by atoms with E-state index in [0.717, 1.165) is 6.42 Å². The summed E-state index contributed by atoms with van der Waals surface area (Å²) in [6.45, 7) is 3.62. The van der Waals surface area contributed by atoms with Crippen molar-refractivity contribution in [3.8, 4) is 0 Å². The maximum absolute atomic E-state index is 4.90. The Morgan fingerprint density at radius 2 is 2.00 bits per heavy atom. The Labute approximate surface area is 47.2 Å². The van der Waals surface area contributed by atoms with Crippen molar-refractivity contribution in [3.05, 3.63) is 6.54 Å². The molecule has 0 radical (unpaired) electrons. The quantitative estimate of drug-likeness (QED) is 0.432. The van der Waals surface area contributed by atoms with Gasteiger partial charge in [0.1, 0.15) is 0 Å². The van der Waals surface area contributed by atoms with Crippen LogP contribution >= 0.6 is 0 Å². The van der Waals surface area contributed by atoms with Gasteiger partial charge in [0.15, 0.2) is 0 Å². The first-order chi connectivity index (χ1) is 1.91. The van der Waals surface area contributed by atoms with Gasteiger partial charge in [-0.25, -0.2) is 0 Å². The zero-order valence-electron chi connectivity index (χ0n) is 3.27. The van der Waals surface area contributed by atoms with Gasteiger partial charge in [0.25, 0.3) is 0 Å². The molecule has 0 amide bonds. The van der Waals surface area contributed by atoms with E-state index < -0.39 is 0 Å². The standard InChI is InChI=1S/C3H8N.Mo/c1-2-3-4;/h3H,2,4H2,1H3;/q-1;. The van der Waals surface area contributed by atoms with E-state index in [1.807, 2.05) is 6.92 Å². The van der Waals surface area contributed by atoms with Crippen molar-refractivity contribution in [1.82, 2.24) is 0 Å². The largest absolute Gasteiger partial charge is 0.483 e. The number of hydrogen-bond donors (Lipinski definition) is 1. The smallest absolute Gasteiger partial charge is 0 e. The second kappa shape index (κ2) is 8.82. The third kappa shape index (κ3) is 12.0. The maximum Gasteiger partial charge on any atom is 0 e. The van der Waals surface area contributed by atoms with Crippen molar-refractivity contribution < 1.29 is 21.1 Å². The molecule has 0 unspecified atom stereocenters. The van der Waals surface area contributed by atoms with Crippen LogP contribution in [0.5, 0.6) is 0 Å². The number of nitrogens with two attached hydrogens (primary N) is 1. The Morgan fingerprint density at radius 3 is 2.00 bits per heavy atom. The van der Waals surface area contributed by atoms with E-state index in [1.165, 1.54) is 0 Å². The second-order valence-corrected chi connectivity index (χ2v) is 0.644. The van der Waals surface area contributed by atoms with Gasteiger partial charge in [-0.2, -0.15) is 6.42 Å². The molecule has 0 aliphatic rings. The topological polar surface area (TPSA) is 26.0 Å². The van der Waals surface area contributed by atoms with Crippen LogP contribution in [-0.2, 0) is 21.1 Å². The molecule has 0 atom stereocenters. The summed E-state index contributed by atoms with van der Waals surface area (Å²) in [6, 6.07) is 0. The van der Waals surface area contributed by atoms with Gasteiger partial charge in [0.05, 0.1) is 0 Å². The molecule has 1 nitrogen and oxygen atoms in total. The van der Waals surface area contributed by atoms with Crippen LogP contribution in [0.2, 0.25) is 0 Å². The van der Waals surface area contributed by atoms with Crippen molar-refractivity contribution in [2.24, 2.45) is 5.73 Å². The van der Waals surface area contributed by atoms with Gasteiger partial charge in [-0.15, -0.1) is 0 Å². The van der Waals surface area contributed by atoms with E-state index in [-0.39, 0.29) is 21.1 Å². The van der Waals surface area contributed by atoms with Gasteiger partial charge >= 0.3 is 0 Å². The van der Waals surface area contributed by atoms with Crippen molar-refractivity contribution in [2.45, 2.75) is 13.3 Å². The maximum atomic E-state index is 4.90. The van der Waals surface area contributed by atoms with Crippen molar-refractivity contribution in [2.75, 3.05) is 0 Å². The molecule has 2 N–H and O–H groups in total. The van der Waals surface area contributed by atoms with Crippen LogP contribution < -0.4 is 5.73 Å². The summed E-state index contributed by atoms with van der Waals surface area (Å²) < 4.78 is 0. The van der Waals surface area contributed by atoms with E-state index >= 15 is 0 Å². The first kappa shape index (κ1) is 9.17. The zero-order valence-corrected chi connectivity index (χ0v) is 5.28. The summed E-state index contributed by atoms with van der Waals surface area (Å²) in [7, 11) is 0. The van der Waals surface area contributed by atoms with Crippen molar-refractivity contribution in [3.63, 3.8) is 0 Å². The molecule has 5 heavy (non-hydrogen) atoms. The zero-order chi connectivity index (χ0) is 3.41. The molecule has 0 fully saturated rings. The number of hydrogen-bond acceptors (Lipinski definition) is 1. The third-order valence-corrected chi connectivity index (χ3v) is 0.236.